The number of hydrogen-bond donors (Lipinski definition) is 1. The van der Waals surface area contributed by atoms with Crippen LogP contribution >= 0.6 is 0 Å². The lowest BCUT2D eigenvalue weighted by Crippen LogP contribution is -2.43. The van der Waals surface area contributed by atoms with E-state index < -0.39 is 10.0 Å². The molecule has 1 atom stereocenters. The van der Waals surface area contributed by atoms with Crippen molar-refractivity contribution < 1.29 is 13.2 Å². The normalized spacial score (nSPS) is 17.4. The van der Waals surface area contributed by atoms with Crippen molar-refractivity contribution in [1.82, 2.24) is 4.72 Å². The fourth-order valence-electron chi connectivity index (χ4n) is 3.82. The van der Waals surface area contributed by atoms with Crippen molar-refractivity contribution >= 4 is 15.7 Å². The highest BCUT2D eigenvalue weighted by atomic mass is 32.2. The van der Waals surface area contributed by atoms with Gasteiger partial charge >= 0.3 is 0 Å². The third-order valence-corrected chi connectivity index (χ3v) is 5.84. The summed E-state index contributed by atoms with van der Waals surface area (Å²) in [5.41, 5.74) is 4.28. The summed E-state index contributed by atoms with van der Waals surface area (Å²) in [4.78, 5) is 2.46. The van der Waals surface area contributed by atoms with Crippen molar-refractivity contribution in [3.63, 3.8) is 0 Å². The monoisotopic (exact) mass is 416 g/mol. The highest BCUT2D eigenvalue weighted by Crippen LogP contribution is 2.31. The number of nitrogens with one attached hydrogen (secondary N) is 1. The molecule has 1 aliphatic heterocycles. The second-order valence-corrected chi connectivity index (χ2v) is 10.1. The first-order chi connectivity index (χ1) is 13.8. The molecule has 1 fully saturated rings. The third kappa shape index (κ3) is 6.29. The number of rotatable bonds is 8. The van der Waals surface area contributed by atoms with Gasteiger partial charge in [0.2, 0.25) is 10.0 Å². The first-order valence-electron chi connectivity index (χ1n) is 10.3. The van der Waals surface area contributed by atoms with E-state index in [1.807, 2.05) is 24.3 Å². The van der Waals surface area contributed by atoms with Crippen LogP contribution in [0.4, 0.5) is 5.69 Å². The maximum atomic E-state index is 11.6. The topological polar surface area (TPSA) is 58.6 Å². The molecule has 0 saturated carbocycles. The highest BCUT2D eigenvalue weighted by molar-refractivity contribution is 7.88. The molecule has 1 unspecified atom stereocenters. The van der Waals surface area contributed by atoms with Crippen LogP contribution in [0.25, 0.3) is 11.1 Å². The Bertz CT molecular complexity index is 892. The van der Waals surface area contributed by atoms with E-state index in [2.05, 4.69) is 47.7 Å². The first-order valence-corrected chi connectivity index (χ1v) is 12.2. The summed E-state index contributed by atoms with van der Waals surface area (Å²) < 4.78 is 31.6. The van der Waals surface area contributed by atoms with Gasteiger partial charge < -0.3 is 9.64 Å². The van der Waals surface area contributed by atoms with E-state index in [0.717, 1.165) is 55.0 Å². The summed E-state index contributed by atoms with van der Waals surface area (Å²) in [7, 11) is -3.26. The maximum absolute atomic E-state index is 11.6. The van der Waals surface area contributed by atoms with E-state index in [1.54, 1.807) is 0 Å². The van der Waals surface area contributed by atoms with Crippen molar-refractivity contribution in [2.75, 3.05) is 30.9 Å². The molecule has 158 valence electrons. The minimum Gasteiger partial charge on any atom is -0.379 e. The molecule has 0 aliphatic carbocycles. The van der Waals surface area contributed by atoms with Gasteiger partial charge in [-0.1, -0.05) is 50.2 Å². The van der Waals surface area contributed by atoms with Gasteiger partial charge in [0.05, 0.1) is 18.9 Å². The van der Waals surface area contributed by atoms with E-state index in [-0.39, 0.29) is 6.54 Å². The molecular formula is C23H32N2O3S. The minimum absolute atomic E-state index is 0.278. The van der Waals surface area contributed by atoms with Crippen LogP contribution in [-0.4, -0.2) is 40.5 Å². The van der Waals surface area contributed by atoms with E-state index in [4.69, 9.17) is 4.74 Å². The van der Waals surface area contributed by atoms with Crippen LogP contribution in [0.3, 0.4) is 0 Å². The van der Waals surface area contributed by atoms with Crippen molar-refractivity contribution in [1.29, 1.82) is 0 Å². The molecule has 1 heterocycles. The summed E-state index contributed by atoms with van der Waals surface area (Å²) in [6, 6.07) is 16.9. The van der Waals surface area contributed by atoms with Gasteiger partial charge in [-0.3, -0.25) is 0 Å². The minimum atomic E-state index is -3.26. The predicted molar refractivity (Wildman–Crippen MR) is 120 cm³/mol. The first kappa shape index (κ1) is 21.8. The number of nitrogens with zero attached hydrogens (tertiary/aromatic N) is 1. The van der Waals surface area contributed by atoms with Crippen LogP contribution in [0.1, 0.15) is 32.3 Å². The fourth-order valence-corrected chi connectivity index (χ4v) is 4.24. The number of hydrogen-bond acceptors (Lipinski definition) is 4. The zero-order valence-electron chi connectivity index (χ0n) is 17.6. The summed E-state index contributed by atoms with van der Waals surface area (Å²) in [6.45, 7) is 7.31. The van der Waals surface area contributed by atoms with E-state index in [0.29, 0.717) is 12.0 Å². The van der Waals surface area contributed by atoms with Crippen LogP contribution in [0.2, 0.25) is 0 Å². The van der Waals surface area contributed by atoms with Crippen molar-refractivity contribution in [2.24, 2.45) is 5.92 Å². The van der Waals surface area contributed by atoms with Crippen LogP contribution in [0.5, 0.6) is 0 Å². The Morgan fingerprint density at radius 3 is 2.55 bits per heavy atom. The Labute approximate surface area is 175 Å². The van der Waals surface area contributed by atoms with Gasteiger partial charge in [-0.25, -0.2) is 13.1 Å². The Balaban J connectivity index is 1.99. The Hall–Kier alpha value is -1.89. The van der Waals surface area contributed by atoms with E-state index >= 15 is 0 Å². The molecule has 0 spiro atoms. The fraction of sp³-hybridized carbons (Fsp3) is 0.478. The lowest BCUT2D eigenvalue weighted by Gasteiger charge is -2.37. The highest BCUT2D eigenvalue weighted by Gasteiger charge is 2.23. The summed E-state index contributed by atoms with van der Waals surface area (Å²) in [6.07, 6.45) is 3.41. The molecule has 1 saturated heterocycles. The molecule has 0 aromatic heterocycles. The average molecular weight is 417 g/mol. The molecular weight excluding hydrogens is 384 g/mol. The second-order valence-electron chi connectivity index (χ2n) is 8.22. The Morgan fingerprint density at radius 1 is 1.17 bits per heavy atom. The smallest absolute Gasteiger partial charge is 0.209 e. The molecule has 1 N–H and O–H groups in total. The van der Waals surface area contributed by atoms with Crippen molar-refractivity contribution in [3.05, 3.63) is 54.1 Å². The summed E-state index contributed by atoms with van der Waals surface area (Å²) >= 11 is 0. The number of ether oxygens (including phenoxy) is 1. The zero-order valence-corrected chi connectivity index (χ0v) is 18.4. The molecule has 6 heteroatoms. The lowest BCUT2D eigenvalue weighted by atomic mass is 9.97. The largest absolute Gasteiger partial charge is 0.379 e. The second kappa shape index (κ2) is 9.74. The Kier molecular flexibility index (Phi) is 7.33. The van der Waals surface area contributed by atoms with Crippen molar-refractivity contribution in [2.45, 2.75) is 39.3 Å². The molecule has 3 rings (SSSR count). The van der Waals surface area contributed by atoms with Gasteiger partial charge in [0.15, 0.2) is 0 Å². The predicted octanol–water partition coefficient (Wildman–Crippen LogP) is 4.04. The molecule has 0 radical (unpaired) electrons. The summed E-state index contributed by atoms with van der Waals surface area (Å²) in [5, 5.41) is 0. The van der Waals surface area contributed by atoms with Gasteiger partial charge in [-0.15, -0.1) is 0 Å². The van der Waals surface area contributed by atoms with E-state index in [1.165, 1.54) is 6.26 Å². The zero-order chi connectivity index (χ0) is 20.9. The third-order valence-electron chi connectivity index (χ3n) is 5.17. The molecule has 2 aromatic rings. The van der Waals surface area contributed by atoms with Crippen molar-refractivity contribution in [3.8, 4) is 11.1 Å². The van der Waals surface area contributed by atoms with Crippen LogP contribution in [0.15, 0.2) is 48.5 Å². The van der Waals surface area contributed by atoms with Crippen LogP contribution in [-0.2, 0) is 21.3 Å². The molecule has 0 bridgehead atoms. The average Bonchev–Trinajstić information content (AvgIpc) is 2.71. The van der Waals surface area contributed by atoms with Crippen LogP contribution in [0, 0.1) is 5.92 Å². The Morgan fingerprint density at radius 2 is 1.93 bits per heavy atom. The molecule has 5 nitrogen and oxygen atoms in total. The lowest BCUT2D eigenvalue weighted by molar-refractivity contribution is 0.0785. The van der Waals surface area contributed by atoms with Gasteiger partial charge in [-0.2, -0.15) is 0 Å². The molecule has 2 aromatic carbocycles. The van der Waals surface area contributed by atoms with E-state index in [9.17, 15) is 8.42 Å². The number of benzene rings is 2. The number of sulfonamides is 1. The van der Waals surface area contributed by atoms with Gasteiger partial charge in [0.25, 0.3) is 0 Å². The standard InChI is InChI=1S/C23H32N2O3S/c1-18(2)16-25(22-10-7-13-28-17-22)21-12-11-20(15-24-29(3,26)27)23(14-21)19-8-5-4-6-9-19/h4-6,8-9,11-12,14,18,22,24H,7,10,13,15-17H2,1-3H3. The number of anilines is 1. The molecule has 29 heavy (non-hydrogen) atoms. The SMILES string of the molecule is CC(C)CN(c1ccc(CNS(C)(=O)=O)c(-c2ccccc2)c1)C1CCCOC1. The van der Waals surface area contributed by atoms with Gasteiger partial charge in [-0.05, 0) is 47.6 Å². The quantitative estimate of drug-likeness (QED) is 0.705. The maximum Gasteiger partial charge on any atom is 0.209 e. The van der Waals surface area contributed by atoms with Gasteiger partial charge in [0, 0.05) is 25.4 Å². The molecule has 1 aliphatic rings. The van der Waals surface area contributed by atoms with Gasteiger partial charge in [0.1, 0.15) is 0 Å². The molecule has 0 amide bonds. The van der Waals surface area contributed by atoms with Crippen LogP contribution < -0.4 is 9.62 Å². The summed E-state index contributed by atoms with van der Waals surface area (Å²) in [5.74, 6) is 0.531.